The SMILES string of the molecule is FC(F)(F)c1ccccc1OC(c1ccccn1)[C@@H]1CNCCO1. The number of pyridine rings is 1. The summed E-state index contributed by atoms with van der Waals surface area (Å²) >= 11 is 0. The zero-order chi connectivity index (χ0) is 17.0. The van der Waals surface area contributed by atoms with Crippen molar-refractivity contribution in [2.75, 3.05) is 19.7 Å². The van der Waals surface area contributed by atoms with Gasteiger partial charge in [-0.2, -0.15) is 13.2 Å². The van der Waals surface area contributed by atoms with Gasteiger partial charge in [-0.3, -0.25) is 4.98 Å². The van der Waals surface area contributed by atoms with Gasteiger partial charge in [-0.15, -0.1) is 0 Å². The highest BCUT2D eigenvalue weighted by molar-refractivity contribution is 5.36. The molecule has 0 aliphatic carbocycles. The third kappa shape index (κ3) is 3.85. The second-order valence-corrected chi connectivity index (χ2v) is 5.40. The van der Waals surface area contributed by atoms with Gasteiger partial charge in [0.05, 0.1) is 17.9 Å². The Morgan fingerprint density at radius 3 is 2.62 bits per heavy atom. The van der Waals surface area contributed by atoms with Crippen LogP contribution in [0.15, 0.2) is 48.7 Å². The van der Waals surface area contributed by atoms with Crippen LogP contribution in [0.25, 0.3) is 0 Å². The standard InChI is InChI=1S/C17H17F3N2O2/c18-17(19,20)12-5-1-2-7-14(12)24-16(13-6-3-4-8-22-13)15-11-21-9-10-23-15/h1-8,15-16,21H,9-11H2/t15-,16?/m0/s1. The van der Waals surface area contributed by atoms with E-state index in [4.69, 9.17) is 9.47 Å². The molecule has 4 nitrogen and oxygen atoms in total. The van der Waals surface area contributed by atoms with E-state index in [0.29, 0.717) is 25.4 Å². The highest BCUT2D eigenvalue weighted by Crippen LogP contribution is 2.38. The maximum absolute atomic E-state index is 13.2. The number of morpholine rings is 1. The molecule has 0 amide bonds. The molecule has 1 fully saturated rings. The molecular weight excluding hydrogens is 321 g/mol. The maximum atomic E-state index is 13.2. The molecule has 3 rings (SSSR count). The number of nitrogens with zero attached hydrogens (tertiary/aromatic N) is 1. The molecule has 1 unspecified atom stereocenters. The van der Waals surface area contributed by atoms with Crippen molar-refractivity contribution in [1.29, 1.82) is 0 Å². The largest absolute Gasteiger partial charge is 0.481 e. The fourth-order valence-corrected chi connectivity index (χ4v) is 2.59. The monoisotopic (exact) mass is 338 g/mol. The molecule has 24 heavy (non-hydrogen) atoms. The second-order valence-electron chi connectivity index (χ2n) is 5.40. The minimum absolute atomic E-state index is 0.227. The number of hydrogen-bond donors (Lipinski definition) is 1. The molecule has 1 aromatic carbocycles. The molecule has 1 saturated heterocycles. The summed E-state index contributed by atoms with van der Waals surface area (Å²) in [4.78, 5) is 4.23. The van der Waals surface area contributed by atoms with Crippen LogP contribution in [-0.4, -0.2) is 30.8 Å². The van der Waals surface area contributed by atoms with Gasteiger partial charge in [0.15, 0.2) is 6.10 Å². The van der Waals surface area contributed by atoms with Crippen LogP contribution in [0.2, 0.25) is 0 Å². The van der Waals surface area contributed by atoms with E-state index in [2.05, 4.69) is 10.3 Å². The maximum Gasteiger partial charge on any atom is 0.419 e. The summed E-state index contributed by atoms with van der Waals surface area (Å²) in [6.07, 6.45) is -4.06. The quantitative estimate of drug-likeness (QED) is 0.930. The molecule has 1 aliphatic rings. The molecule has 0 bridgehead atoms. The average Bonchev–Trinajstić information content (AvgIpc) is 2.61. The van der Waals surface area contributed by atoms with E-state index < -0.39 is 23.9 Å². The lowest BCUT2D eigenvalue weighted by molar-refractivity contribution is -0.140. The summed E-state index contributed by atoms with van der Waals surface area (Å²) in [5.41, 5.74) is -0.280. The van der Waals surface area contributed by atoms with Gasteiger partial charge in [-0.25, -0.2) is 0 Å². The summed E-state index contributed by atoms with van der Waals surface area (Å²) in [6.45, 7) is 1.65. The number of aromatic nitrogens is 1. The van der Waals surface area contributed by atoms with Crippen LogP contribution in [0.5, 0.6) is 5.75 Å². The van der Waals surface area contributed by atoms with E-state index in [1.807, 2.05) is 0 Å². The third-order valence-electron chi connectivity index (χ3n) is 3.72. The van der Waals surface area contributed by atoms with Crippen LogP contribution in [0.3, 0.4) is 0 Å². The predicted molar refractivity (Wildman–Crippen MR) is 81.7 cm³/mol. The average molecular weight is 338 g/mol. The molecule has 0 saturated carbocycles. The number of benzene rings is 1. The Kier molecular flexibility index (Phi) is 5.01. The molecule has 128 valence electrons. The van der Waals surface area contributed by atoms with Gasteiger partial charge in [0.25, 0.3) is 0 Å². The van der Waals surface area contributed by atoms with Crippen molar-refractivity contribution in [2.45, 2.75) is 18.4 Å². The van der Waals surface area contributed by atoms with E-state index >= 15 is 0 Å². The normalized spacial score (nSPS) is 19.7. The summed E-state index contributed by atoms with van der Waals surface area (Å²) in [6, 6.07) is 10.4. The number of hydrogen-bond acceptors (Lipinski definition) is 4. The molecule has 1 N–H and O–H groups in total. The summed E-state index contributed by atoms with van der Waals surface area (Å²) in [5.74, 6) is -0.227. The first-order valence-electron chi connectivity index (χ1n) is 7.62. The van der Waals surface area contributed by atoms with E-state index in [-0.39, 0.29) is 5.75 Å². The predicted octanol–water partition coefficient (Wildman–Crippen LogP) is 3.21. The Bertz CT molecular complexity index is 658. The zero-order valence-electron chi connectivity index (χ0n) is 12.8. The van der Waals surface area contributed by atoms with Gasteiger partial charge in [0.2, 0.25) is 0 Å². The van der Waals surface area contributed by atoms with Crippen LogP contribution >= 0.6 is 0 Å². The smallest absolute Gasteiger partial charge is 0.419 e. The fraction of sp³-hybridized carbons (Fsp3) is 0.353. The molecular formula is C17H17F3N2O2. The topological polar surface area (TPSA) is 43.4 Å². The van der Waals surface area contributed by atoms with Crippen molar-refractivity contribution in [3.8, 4) is 5.75 Å². The van der Waals surface area contributed by atoms with Gasteiger partial charge < -0.3 is 14.8 Å². The molecule has 0 radical (unpaired) electrons. The summed E-state index contributed by atoms with van der Waals surface area (Å²) in [7, 11) is 0. The Hall–Kier alpha value is -2.12. The zero-order valence-corrected chi connectivity index (χ0v) is 12.8. The molecule has 2 atom stereocenters. The second kappa shape index (κ2) is 7.19. The van der Waals surface area contributed by atoms with Crippen LogP contribution in [-0.2, 0) is 10.9 Å². The van der Waals surface area contributed by atoms with Crippen molar-refractivity contribution in [3.05, 3.63) is 59.9 Å². The Labute approximate surface area is 137 Å². The molecule has 0 spiro atoms. The van der Waals surface area contributed by atoms with Crippen molar-refractivity contribution in [3.63, 3.8) is 0 Å². The molecule has 1 aliphatic heterocycles. The summed E-state index contributed by atoms with van der Waals surface area (Å²) < 4.78 is 51.0. The lowest BCUT2D eigenvalue weighted by Gasteiger charge is -2.31. The van der Waals surface area contributed by atoms with Crippen molar-refractivity contribution < 1.29 is 22.6 Å². The first-order valence-corrected chi connectivity index (χ1v) is 7.62. The molecule has 2 aromatic rings. The van der Waals surface area contributed by atoms with Crippen LogP contribution in [0.4, 0.5) is 13.2 Å². The highest BCUT2D eigenvalue weighted by atomic mass is 19.4. The van der Waals surface area contributed by atoms with E-state index in [1.165, 1.54) is 18.2 Å². The molecule has 7 heteroatoms. The fourth-order valence-electron chi connectivity index (χ4n) is 2.59. The Morgan fingerprint density at radius 2 is 1.96 bits per heavy atom. The minimum atomic E-state index is -4.49. The number of rotatable bonds is 4. The number of para-hydroxylation sites is 1. The van der Waals surface area contributed by atoms with Gasteiger partial charge in [-0.1, -0.05) is 18.2 Å². The van der Waals surface area contributed by atoms with Crippen LogP contribution in [0.1, 0.15) is 17.4 Å². The van der Waals surface area contributed by atoms with Crippen LogP contribution in [0, 0.1) is 0 Å². The Balaban J connectivity index is 1.93. The number of halogens is 3. The Morgan fingerprint density at radius 1 is 1.17 bits per heavy atom. The van der Waals surface area contributed by atoms with Crippen molar-refractivity contribution >= 4 is 0 Å². The van der Waals surface area contributed by atoms with E-state index in [9.17, 15) is 13.2 Å². The molecule has 1 aromatic heterocycles. The first kappa shape index (κ1) is 16.7. The van der Waals surface area contributed by atoms with Gasteiger partial charge in [0.1, 0.15) is 11.9 Å². The lowest BCUT2D eigenvalue weighted by Crippen LogP contribution is -2.43. The van der Waals surface area contributed by atoms with Crippen molar-refractivity contribution in [2.24, 2.45) is 0 Å². The lowest BCUT2D eigenvalue weighted by atomic mass is 10.1. The number of nitrogens with one attached hydrogen (secondary N) is 1. The van der Waals surface area contributed by atoms with Crippen LogP contribution < -0.4 is 10.1 Å². The van der Waals surface area contributed by atoms with Gasteiger partial charge >= 0.3 is 6.18 Å². The minimum Gasteiger partial charge on any atom is -0.481 e. The number of ether oxygens (including phenoxy) is 2. The number of alkyl halides is 3. The van der Waals surface area contributed by atoms with Gasteiger partial charge in [-0.05, 0) is 24.3 Å². The summed E-state index contributed by atoms with van der Waals surface area (Å²) in [5, 5.41) is 3.16. The molecule has 2 heterocycles. The first-order chi connectivity index (χ1) is 11.6. The van der Waals surface area contributed by atoms with Gasteiger partial charge in [0, 0.05) is 19.3 Å². The van der Waals surface area contributed by atoms with E-state index in [0.717, 1.165) is 6.07 Å². The highest BCUT2D eigenvalue weighted by Gasteiger charge is 2.36. The third-order valence-corrected chi connectivity index (χ3v) is 3.72. The van der Waals surface area contributed by atoms with E-state index in [1.54, 1.807) is 24.4 Å². The van der Waals surface area contributed by atoms with Crippen molar-refractivity contribution in [1.82, 2.24) is 10.3 Å².